The largest absolute Gasteiger partial charge is 0.493 e. The Labute approximate surface area is 128 Å². The number of nitrogens with zero attached hydrogens (tertiary/aromatic N) is 1. The molecule has 0 N–H and O–H groups in total. The Balaban J connectivity index is 2.52. The Kier molecular flexibility index (Phi) is 6.43. The number of morpholine rings is 1. The second kappa shape index (κ2) is 7.42. The monoisotopic (exact) mass is 317 g/mol. The second-order valence-corrected chi connectivity index (χ2v) is 8.14. The molecule has 0 saturated carbocycles. The molecule has 1 aliphatic heterocycles. The molecule has 1 heterocycles. The van der Waals surface area contributed by atoms with Gasteiger partial charge in [0.05, 0.1) is 19.0 Å². The van der Waals surface area contributed by atoms with Crippen LogP contribution in [-0.2, 0) is 19.5 Å². The molecule has 0 spiro atoms. The average molecular weight is 317 g/mol. The highest BCUT2D eigenvalue weighted by Gasteiger charge is 2.22. The van der Waals surface area contributed by atoms with Gasteiger partial charge in [0, 0.05) is 24.9 Å². The van der Waals surface area contributed by atoms with Crippen LogP contribution in [0.1, 0.15) is 34.1 Å². The summed E-state index contributed by atoms with van der Waals surface area (Å²) in [6.45, 7) is 13.5. The number of hydrogen-bond acceptors (Lipinski definition) is 4. The highest BCUT2D eigenvalue weighted by molar-refractivity contribution is 7.92. The van der Waals surface area contributed by atoms with Gasteiger partial charge in [-0.2, -0.15) is 4.31 Å². The fraction of sp³-hybridized carbons (Fsp3) is 0.733. The summed E-state index contributed by atoms with van der Waals surface area (Å²) in [5, 5.41) is 1.29. The smallest absolute Gasteiger partial charge is 0.236 e. The maximum atomic E-state index is 12.1. The van der Waals surface area contributed by atoms with Crippen molar-refractivity contribution < 1.29 is 17.9 Å². The zero-order chi connectivity index (χ0) is 16.1. The first-order chi connectivity index (χ1) is 9.60. The summed E-state index contributed by atoms with van der Waals surface area (Å²) < 4.78 is 36.5. The van der Waals surface area contributed by atoms with Crippen molar-refractivity contribution in [1.29, 1.82) is 0 Å². The third kappa shape index (κ3) is 7.11. The first kappa shape index (κ1) is 18.2. The fourth-order valence-electron chi connectivity index (χ4n) is 2.02. The standard InChI is InChI=1S/C15H27NO4S/c1-13(12-14(2)20-15(3,4)5)6-11-21(17,18)16-7-9-19-10-8-16/h6,11,13H,2,7-10,12H2,1,3-5H3. The van der Waals surface area contributed by atoms with Crippen LogP contribution in [0.15, 0.2) is 23.8 Å². The van der Waals surface area contributed by atoms with Crippen LogP contribution < -0.4 is 0 Å². The molecule has 0 aliphatic carbocycles. The molecule has 0 aromatic rings. The molecule has 6 heteroatoms. The minimum absolute atomic E-state index is 0.0515. The molecule has 1 aliphatic rings. The van der Waals surface area contributed by atoms with Crippen molar-refractivity contribution in [2.45, 2.75) is 39.7 Å². The topological polar surface area (TPSA) is 55.8 Å². The number of sulfonamides is 1. The van der Waals surface area contributed by atoms with Gasteiger partial charge in [-0.3, -0.25) is 0 Å². The molecule has 1 rings (SSSR count). The molecule has 0 amide bonds. The van der Waals surface area contributed by atoms with Gasteiger partial charge in [-0.1, -0.05) is 19.6 Å². The minimum Gasteiger partial charge on any atom is -0.493 e. The van der Waals surface area contributed by atoms with Crippen LogP contribution in [0.25, 0.3) is 0 Å². The lowest BCUT2D eigenvalue weighted by Crippen LogP contribution is -2.39. The van der Waals surface area contributed by atoms with Gasteiger partial charge >= 0.3 is 0 Å². The van der Waals surface area contributed by atoms with E-state index in [1.807, 2.05) is 27.7 Å². The van der Waals surface area contributed by atoms with Crippen molar-refractivity contribution in [2.75, 3.05) is 26.3 Å². The van der Waals surface area contributed by atoms with Crippen LogP contribution in [0.5, 0.6) is 0 Å². The SMILES string of the molecule is C=C(CC(C)C=CS(=O)(=O)N1CCOCC1)OC(C)(C)C. The summed E-state index contributed by atoms with van der Waals surface area (Å²) >= 11 is 0. The predicted octanol–water partition coefficient (Wildman–Crippen LogP) is 2.52. The van der Waals surface area contributed by atoms with E-state index in [0.717, 1.165) is 0 Å². The summed E-state index contributed by atoms with van der Waals surface area (Å²) in [5.41, 5.74) is -0.277. The molecule has 0 radical (unpaired) electrons. The van der Waals surface area contributed by atoms with E-state index in [0.29, 0.717) is 38.5 Å². The minimum atomic E-state index is -3.35. The fourth-order valence-corrected chi connectivity index (χ4v) is 3.32. The van der Waals surface area contributed by atoms with Crippen LogP contribution in [0.3, 0.4) is 0 Å². The van der Waals surface area contributed by atoms with E-state index in [1.54, 1.807) is 6.08 Å². The Morgan fingerprint density at radius 1 is 1.38 bits per heavy atom. The van der Waals surface area contributed by atoms with E-state index in [4.69, 9.17) is 9.47 Å². The number of ether oxygens (including phenoxy) is 2. The van der Waals surface area contributed by atoms with Crippen molar-refractivity contribution in [1.82, 2.24) is 4.31 Å². The van der Waals surface area contributed by atoms with Crippen molar-refractivity contribution >= 4 is 10.0 Å². The normalized spacial score (nSPS) is 19.6. The van der Waals surface area contributed by atoms with Crippen molar-refractivity contribution in [2.24, 2.45) is 5.92 Å². The summed E-state index contributed by atoms with van der Waals surface area (Å²) in [4.78, 5) is 0. The molecule has 1 saturated heterocycles. The Hall–Kier alpha value is -0.850. The van der Waals surface area contributed by atoms with Crippen LogP contribution in [0.2, 0.25) is 0 Å². The quantitative estimate of drug-likeness (QED) is 0.706. The van der Waals surface area contributed by atoms with Gasteiger partial charge in [-0.15, -0.1) is 0 Å². The van der Waals surface area contributed by atoms with Crippen molar-refractivity contribution in [3.05, 3.63) is 23.8 Å². The zero-order valence-corrected chi connectivity index (χ0v) is 14.3. The van der Waals surface area contributed by atoms with Gasteiger partial charge in [0.1, 0.15) is 5.60 Å². The van der Waals surface area contributed by atoms with E-state index in [9.17, 15) is 8.42 Å². The molecule has 122 valence electrons. The molecule has 0 aromatic carbocycles. The first-order valence-electron chi connectivity index (χ1n) is 7.23. The maximum Gasteiger partial charge on any atom is 0.236 e. The third-order valence-corrected chi connectivity index (χ3v) is 4.50. The first-order valence-corrected chi connectivity index (χ1v) is 8.73. The number of rotatable bonds is 6. The number of allylic oxidation sites excluding steroid dienone is 2. The summed E-state index contributed by atoms with van der Waals surface area (Å²) in [6.07, 6.45) is 2.30. The Bertz CT molecular complexity index is 470. The summed E-state index contributed by atoms with van der Waals surface area (Å²) in [5.74, 6) is 0.721. The van der Waals surface area contributed by atoms with E-state index < -0.39 is 10.0 Å². The average Bonchev–Trinajstić information content (AvgIpc) is 2.35. The molecule has 5 nitrogen and oxygen atoms in total. The molecule has 1 fully saturated rings. The van der Waals surface area contributed by atoms with Gasteiger partial charge in [0.15, 0.2) is 0 Å². The Morgan fingerprint density at radius 3 is 2.48 bits per heavy atom. The van der Waals surface area contributed by atoms with E-state index in [1.165, 1.54) is 9.71 Å². The second-order valence-electron chi connectivity index (χ2n) is 6.32. The van der Waals surface area contributed by atoms with Gasteiger partial charge in [0.2, 0.25) is 10.0 Å². The van der Waals surface area contributed by atoms with E-state index in [2.05, 4.69) is 6.58 Å². The predicted molar refractivity (Wildman–Crippen MR) is 84.2 cm³/mol. The van der Waals surface area contributed by atoms with Crippen LogP contribution in [-0.4, -0.2) is 44.6 Å². The van der Waals surface area contributed by atoms with Gasteiger partial charge in [-0.05, 0) is 26.7 Å². The van der Waals surface area contributed by atoms with Gasteiger partial charge in [0.25, 0.3) is 0 Å². The molecule has 21 heavy (non-hydrogen) atoms. The van der Waals surface area contributed by atoms with E-state index in [-0.39, 0.29) is 11.5 Å². The van der Waals surface area contributed by atoms with Gasteiger partial charge < -0.3 is 9.47 Å². The number of hydrogen-bond donors (Lipinski definition) is 0. The molecule has 1 unspecified atom stereocenters. The highest BCUT2D eigenvalue weighted by Crippen LogP contribution is 2.19. The third-order valence-electron chi connectivity index (χ3n) is 2.91. The Morgan fingerprint density at radius 2 is 1.95 bits per heavy atom. The van der Waals surface area contributed by atoms with Crippen LogP contribution >= 0.6 is 0 Å². The highest BCUT2D eigenvalue weighted by atomic mass is 32.2. The van der Waals surface area contributed by atoms with Crippen LogP contribution in [0.4, 0.5) is 0 Å². The lowest BCUT2D eigenvalue weighted by atomic mass is 10.1. The lowest BCUT2D eigenvalue weighted by molar-refractivity contribution is 0.0458. The van der Waals surface area contributed by atoms with Crippen LogP contribution in [0, 0.1) is 5.92 Å². The molecule has 0 aromatic heterocycles. The van der Waals surface area contributed by atoms with Crippen molar-refractivity contribution in [3.63, 3.8) is 0 Å². The van der Waals surface area contributed by atoms with E-state index >= 15 is 0 Å². The molecular formula is C15H27NO4S. The molecular weight excluding hydrogens is 290 g/mol. The lowest BCUT2D eigenvalue weighted by Gasteiger charge is -2.25. The molecule has 0 bridgehead atoms. The van der Waals surface area contributed by atoms with Gasteiger partial charge in [-0.25, -0.2) is 8.42 Å². The molecule has 1 atom stereocenters. The van der Waals surface area contributed by atoms with Crippen molar-refractivity contribution in [3.8, 4) is 0 Å². The summed E-state index contributed by atoms with van der Waals surface area (Å²) in [6, 6.07) is 0. The maximum absolute atomic E-state index is 12.1. The zero-order valence-electron chi connectivity index (χ0n) is 13.5. The summed E-state index contributed by atoms with van der Waals surface area (Å²) in [7, 11) is -3.35.